The first-order valence-electron chi connectivity index (χ1n) is 9.61. The minimum Gasteiger partial charge on any atom is -0.593 e. The number of nitrogens with one attached hydrogen (secondary N) is 2. The van der Waals surface area contributed by atoms with Crippen LogP contribution in [0.15, 0.2) is 12.2 Å². The fourth-order valence-corrected chi connectivity index (χ4v) is 4.12. The number of fused-ring (bicyclic) bond motifs is 1. The van der Waals surface area contributed by atoms with Gasteiger partial charge in [0.2, 0.25) is 0 Å². The molecule has 3 rings (SSSR count). The van der Waals surface area contributed by atoms with Gasteiger partial charge in [-0.3, -0.25) is 0 Å². The number of carboxylic acids is 1. The van der Waals surface area contributed by atoms with Crippen molar-refractivity contribution < 1.29 is 24.7 Å². The number of hydrogen-bond acceptors (Lipinski definition) is 6. The fourth-order valence-electron chi connectivity index (χ4n) is 4.12. The summed E-state index contributed by atoms with van der Waals surface area (Å²) in [6.45, 7) is 1.58. The second-order valence-electron chi connectivity index (χ2n) is 7.39. The number of amides is 1. The molecule has 0 spiro atoms. The van der Waals surface area contributed by atoms with Gasteiger partial charge in [0.25, 0.3) is 0 Å². The monoisotopic (exact) mass is 378 g/mol. The highest BCUT2D eigenvalue weighted by Crippen LogP contribution is 2.24. The molecule has 27 heavy (non-hydrogen) atoms. The molecular formula is C17H27BN4O5. The summed E-state index contributed by atoms with van der Waals surface area (Å²) in [6.07, 6.45) is 6.42. The molecule has 10 heteroatoms. The molecular weight excluding hydrogens is 351 g/mol. The van der Waals surface area contributed by atoms with Gasteiger partial charge in [0.15, 0.2) is 6.10 Å². The van der Waals surface area contributed by atoms with Crippen molar-refractivity contribution in [1.29, 1.82) is 0 Å². The topological polar surface area (TPSA) is 110 Å². The average Bonchev–Trinajstić information content (AvgIpc) is 2.84. The molecule has 148 valence electrons. The third kappa shape index (κ3) is 4.81. The fraction of sp³-hybridized carbons (Fsp3) is 0.765. The average molecular weight is 378 g/mol. The number of rotatable bonds is 4. The molecule has 0 saturated carbocycles. The van der Waals surface area contributed by atoms with Crippen molar-refractivity contribution in [3.63, 3.8) is 0 Å². The number of nitrogens with zero attached hydrogens (tertiary/aromatic N) is 2. The minimum absolute atomic E-state index is 0.0378. The molecule has 0 aromatic rings. The lowest BCUT2D eigenvalue weighted by molar-refractivity contribution is -1.02. The Morgan fingerprint density at radius 3 is 2.70 bits per heavy atom. The first-order chi connectivity index (χ1) is 13.0. The van der Waals surface area contributed by atoms with Crippen molar-refractivity contribution in [3.05, 3.63) is 17.4 Å². The van der Waals surface area contributed by atoms with E-state index in [-0.39, 0.29) is 23.7 Å². The number of likely N-dealkylation sites (tertiary alicyclic amines) is 1. The van der Waals surface area contributed by atoms with E-state index >= 15 is 0 Å². The van der Waals surface area contributed by atoms with Crippen LogP contribution in [-0.2, 0) is 9.53 Å². The Kier molecular flexibility index (Phi) is 6.75. The Balaban J connectivity index is 1.52. The molecule has 0 aromatic carbocycles. The number of ether oxygens (including phenoxy) is 1. The van der Waals surface area contributed by atoms with Crippen molar-refractivity contribution in [1.82, 2.24) is 15.3 Å². The molecule has 2 fully saturated rings. The summed E-state index contributed by atoms with van der Waals surface area (Å²) >= 11 is 0. The highest BCUT2D eigenvalue weighted by atomic mass is 16.6. The van der Waals surface area contributed by atoms with E-state index in [1.807, 2.05) is 5.01 Å². The largest absolute Gasteiger partial charge is 0.593 e. The molecule has 3 aliphatic rings. The maximum absolute atomic E-state index is 12.6. The number of carbonyl (C=O) groups excluding carboxylic acids is 1. The summed E-state index contributed by atoms with van der Waals surface area (Å²) < 4.78 is 4.95. The Hall–Kier alpha value is -1.62. The van der Waals surface area contributed by atoms with Crippen LogP contribution in [0.2, 0.25) is 6.32 Å². The van der Waals surface area contributed by atoms with Gasteiger partial charge in [0.05, 0.1) is 26.5 Å². The van der Waals surface area contributed by atoms with E-state index in [2.05, 4.69) is 17.6 Å². The Morgan fingerprint density at radius 1 is 1.30 bits per heavy atom. The Bertz CT molecular complexity index is 570. The summed E-state index contributed by atoms with van der Waals surface area (Å²) in [5, 5.41) is 23.4. The van der Waals surface area contributed by atoms with E-state index < -0.39 is 18.2 Å². The molecule has 1 aliphatic carbocycles. The van der Waals surface area contributed by atoms with Crippen molar-refractivity contribution in [2.24, 2.45) is 5.92 Å². The molecule has 2 saturated heterocycles. The van der Waals surface area contributed by atoms with Crippen molar-refractivity contribution in [3.8, 4) is 0 Å². The third-order valence-electron chi connectivity index (χ3n) is 5.74. The first kappa shape index (κ1) is 20.1. The van der Waals surface area contributed by atoms with Gasteiger partial charge in [0.1, 0.15) is 0 Å². The molecule has 1 amide bonds. The molecule has 2 heterocycles. The summed E-state index contributed by atoms with van der Waals surface area (Å²) in [6, 6.07) is 0.193. The Labute approximate surface area is 160 Å². The summed E-state index contributed by atoms with van der Waals surface area (Å²) in [5.41, 5.74) is 3.12. The predicted molar refractivity (Wildman–Crippen MR) is 97.5 cm³/mol. The predicted octanol–water partition coefficient (Wildman–Crippen LogP) is -0.530. The van der Waals surface area contributed by atoms with Crippen molar-refractivity contribution in [2.75, 3.05) is 19.6 Å². The minimum atomic E-state index is -1.33. The van der Waals surface area contributed by atoms with Crippen LogP contribution in [0.4, 0.5) is 4.79 Å². The van der Waals surface area contributed by atoms with Gasteiger partial charge in [-0.25, -0.2) is 14.9 Å². The lowest BCUT2D eigenvalue weighted by atomic mass is 9.87. The standard InChI is InChI=1S/C17H27BN4O5/c18-11-15(16(23)24)27-17(25)20-8-6-13(7-9-20)21-10-5-12-3-1-2-4-14(12)19-22(21)26/h2,4,12-15,19,22H,1,3,5-11H2,(H,23,24). The number of carboxylic acid groups (broad SMARTS) is 1. The van der Waals surface area contributed by atoms with Crippen LogP contribution in [0.3, 0.4) is 0 Å². The summed E-state index contributed by atoms with van der Waals surface area (Å²) in [7, 11) is 5.32. The van der Waals surface area contributed by atoms with Gasteiger partial charge in [-0.1, -0.05) is 12.2 Å². The van der Waals surface area contributed by atoms with Crippen LogP contribution >= 0.6 is 0 Å². The first-order valence-corrected chi connectivity index (χ1v) is 9.61. The van der Waals surface area contributed by atoms with E-state index in [4.69, 9.17) is 17.7 Å². The lowest BCUT2D eigenvalue weighted by Gasteiger charge is -2.41. The highest BCUT2D eigenvalue weighted by Gasteiger charge is 2.36. The van der Waals surface area contributed by atoms with Gasteiger partial charge < -0.3 is 20.0 Å². The number of hydrogen-bond donors (Lipinski definition) is 3. The summed E-state index contributed by atoms with van der Waals surface area (Å²) in [4.78, 5) is 24.6. The molecule has 3 N–H and O–H groups in total. The van der Waals surface area contributed by atoms with Crippen LogP contribution in [0.5, 0.6) is 0 Å². The zero-order valence-electron chi connectivity index (χ0n) is 15.4. The van der Waals surface area contributed by atoms with Crippen LogP contribution < -0.4 is 10.7 Å². The van der Waals surface area contributed by atoms with E-state index in [9.17, 15) is 14.8 Å². The lowest BCUT2D eigenvalue weighted by Crippen LogP contribution is -3.21. The zero-order valence-corrected chi connectivity index (χ0v) is 15.4. The molecule has 2 radical (unpaired) electrons. The molecule has 9 nitrogen and oxygen atoms in total. The molecule has 0 aromatic heterocycles. The SMILES string of the molecule is [B]CC(OC(=O)N1CCC(N2CCC3CCC=CC3N[NH+]2[O-])CC1)C(=O)O. The highest BCUT2D eigenvalue weighted by molar-refractivity contribution is 6.10. The van der Waals surface area contributed by atoms with Crippen molar-refractivity contribution in [2.45, 2.75) is 56.6 Å². The maximum atomic E-state index is 12.6. The van der Waals surface area contributed by atoms with Gasteiger partial charge >= 0.3 is 12.1 Å². The second-order valence-corrected chi connectivity index (χ2v) is 7.39. The number of allylic oxidation sites excluding steroid dienone is 1. The third-order valence-corrected chi connectivity index (χ3v) is 5.74. The van der Waals surface area contributed by atoms with Crippen LogP contribution in [0, 0.1) is 11.1 Å². The Morgan fingerprint density at radius 2 is 2.04 bits per heavy atom. The quantitative estimate of drug-likeness (QED) is 0.343. The molecule has 2 aliphatic heterocycles. The van der Waals surface area contributed by atoms with E-state index in [0.717, 1.165) is 25.8 Å². The number of quaternary nitrogens is 1. The van der Waals surface area contributed by atoms with E-state index in [1.54, 1.807) is 0 Å². The van der Waals surface area contributed by atoms with Gasteiger partial charge in [-0.15, -0.1) is 10.4 Å². The van der Waals surface area contributed by atoms with Crippen LogP contribution in [0.25, 0.3) is 0 Å². The maximum Gasteiger partial charge on any atom is 0.410 e. The number of carbonyl (C=O) groups is 2. The van der Waals surface area contributed by atoms with Crippen LogP contribution in [0.1, 0.15) is 32.1 Å². The number of piperidine rings is 1. The molecule has 4 atom stereocenters. The molecule has 0 bridgehead atoms. The molecule has 4 unspecified atom stereocenters. The van der Waals surface area contributed by atoms with Gasteiger partial charge in [0, 0.05) is 13.1 Å². The number of aliphatic carboxylic acids is 1. The van der Waals surface area contributed by atoms with E-state index in [0.29, 0.717) is 31.8 Å². The normalized spacial score (nSPS) is 31.0. The van der Waals surface area contributed by atoms with E-state index in [1.165, 1.54) is 4.90 Å². The van der Waals surface area contributed by atoms with Gasteiger partial charge in [-0.05, 0) is 44.3 Å². The summed E-state index contributed by atoms with van der Waals surface area (Å²) in [5.74, 6) is -0.763. The zero-order chi connectivity index (χ0) is 19.4. The van der Waals surface area contributed by atoms with Gasteiger partial charge in [-0.2, -0.15) is 0 Å². The second kappa shape index (κ2) is 9.05. The smallest absolute Gasteiger partial charge is 0.410 e. The van der Waals surface area contributed by atoms with Crippen LogP contribution in [-0.4, -0.2) is 72.7 Å². The van der Waals surface area contributed by atoms with Crippen molar-refractivity contribution >= 4 is 19.9 Å².